The number of phenols is 1. The topological polar surface area (TPSA) is 65.0 Å². The minimum absolute atomic E-state index is 0.232. The van der Waals surface area contributed by atoms with Gasteiger partial charge in [0.05, 0.1) is 11.2 Å². The van der Waals surface area contributed by atoms with E-state index in [2.05, 4.69) is 15.2 Å². The van der Waals surface area contributed by atoms with Gasteiger partial charge in [0.1, 0.15) is 5.75 Å². The maximum Gasteiger partial charge on any atom is 0.157 e. The summed E-state index contributed by atoms with van der Waals surface area (Å²) >= 11 is 0. The van der Waals surface area contributed by atoms with Gasteiger partial charge in [0.25, 0.3) is 0 Å². The molecule has 2 N–H and O–H groups in total. The molecule has 3 rings (SSSR count). The van der Waals surface area contributed by atoms with Crippen LogP contribution in [0.5, 0.6) is 5.75 Å². The molecule has 5 nitrogen and oxygen atoms in total. The molecule has 0 saturated heterocycles. The highest BCUT2D eigenvalue weighted by Gasteiger charge is 2.14. The second kappa shape index (κ2) is 4.52. The van der Waals surface area contributed by atoms with Crippen LogP contribution in [-0.4, -0.2) is 27.3 Å². The summed E-state index contributed by atoms with van der Waals surface area (Å²) < 4.78 is 0. The normalized spacial score (nSPS) is 10.9. The highest BCUT2D eigenvalue weighted by molar-refractivity contribution is 5.94. The van der Waals surface area contributed by atoms with Crippen molar-refractivity contribution in [3.63, 3.8) is 0 Å². The van der Waals surface area contributed by atoms with E-state index in [1.54, 1.807) is 18.3 Å². The summed E-state index contributed by atoms with van der Waals surface area (Å²) in [6.45, 7) is 4.03. The van der Waals surface area contributed by atoms with Crippen LogP contribution in [0, 0.1) is 13.8 Å². The van der Waals surface area contributed by atoms with E-state index in [1.807, 2.05) is 37.9 Å². The van der Waals surface area contributed by atoms with Crippen molar-refractivity contribution in [2.24, 2.45) is 0 Å². The fourth-order valence-electron chi connectivity index (χ4n) is 2.33. The highest BCUT2D eigenvalue weighted by Crippen LogP contribution is 2.32. The molecule has 20 heavy (non-hydrogen) atoms. The molecule has 1 aromatic carbocycles. The minimum Gasteiger partial charge on any atom is -0.508 e. The molecule has 0 bridgehead atoms. The monoisotopic (exact) mass is 268 g/mol. The van der Waals surface area contributed by atoms with Crippen molar-refractivity contribution in [2.75, 3.05) is 11.9 Å². The zero-order valence-electron chi connectivity index (χ0n) is 11.7. The average Bonchev–Trinajstić information content (AvgIpc) is 2.77. The van der Waals surface area contributed by atoms with E-state index in [4.69, 9.17) is 0 Å². The van der Waals surface area contributed by atoms with Crippen molar-refractivity contribution in [1.29, 1.82) is 0 Å². The number of nitrogens with one attached hydrogen (secondary N) is 1. The first kappa shape index (κ1) is 12.5. The van der Waals surface area contributed by atoms with E-state index in [-0.39, 0.29) is 5.75 Å². The summed E-state index contributed by atoms with van der Waals surface area (Å²) in [5, 5.41) is 17.9. The first-order valence-electron chi connectivity index (χ1n) is 6.41. The maximum atomic E-state index is 9.70. The number of hydrogen-bond acceptors (Lipinski definition) is 4. The first-order chi connectivity index (χ1) is 9.58. The molecular formula is C15H16N4O. The molecule has 0 aliphatic heterocycles. The number of aromatic nitrogens is 3. The molecule has 0 atom stereocenters. The highest BCUT2D eigenvalue weighted by atomic mass is 16.3. The van der Waals surface area contributed by atoms with Crippen molar-refractivity contribution < 1.29 is 5.11 Å². The summed E-state index contributed by atoms with van der Waals surface area (Å²) in [5.74, 6) is 1.11. The summed E-state index contributed by atoms with van der Waals surface area (Å²) in [6.07, 6.45) is 1.76. The Labute approximate surface area is 116 Å². The fraction of sp³-hybridized carbons (Fsp3) is 0.200. The Balaban J connectivity index is 2.19. The molecule has 2 heterocycles. The molecule has 0 saturated carbocycles. The van der Waals surface area contributed by atoms with Gasteiger partial charge in [-0.3, -0.25) is 10.1 Å². The molecule has 0 amide bonds. The summed E-state index contributed by atoms with van der Waals surface area (Å²) in [4.78, 5) is 6.32. The lowest BCUT2D eigenvalue weighted by molar-refractivity contribution is 0.476. The number of aromatic hydroxyl groups is 1. The van der Waals surface area contributed by atoms with Gasteiger partial charge in [0, 0.05) is 29.9 Å². The van der Waals surface area contributed by atoms with Crippen molar-refractivity contribution >= 4 is 22.4 Å². The third-order valence-corrected chi connectivity index (χ3v) is 3.61. The number of hydrogen-bond donors (Lipinski definition) is 2. The Hall–Kier alpha value is -2.56. The lowest BCUT2D eigenvalue weighted by Gasteiger charge is -2.19. The second-order valence-corrected chi connectivity index (χ2v) is 4.89. The third kappa shape index (κ3) is 1.87. The first-order valence-corrected chi connectivity index (χ1v) is 6.41. The van der Waals surface area contributed by atoms with E-state index in [0.717, 1.165) is 33.7 Å². The molecule has 3 aromatic rings. The Kier molecular flexibility index (Phi) is 2.82. The van der Waals surface area contributed by atoms with Crippen molar-refractivity contribution in [1.82, 2.24) is 15.2 Å². The lowest BCUT2D eigenvalue weighted by Crippen LogP contribution is -2.11. The quantitative estimate of drug-likeness (QED) is 0.749. The number of phenolic OH excluding ortho intramolecular Hbond substituents is 1. The molecular weight excluding hydrogens is 252 g/mol. The fourth-order valence-corrected chi connectivity index (χ4v) is 2.33. The molecule has 0 spiro atoms. The molecule has 0 aliphatic carbocycles. The zero-order valence-corrected chi connectivity index (χ0v) is 11.7. The van der Waals surface area contributed by atoms with Crippen LogP contribution in [0.3, 0.4) is 0 Å². The molecule has 0 aliphatic rings. The molecule has 0 radical (unpaired) electrons. The van der Waals surface area contributed by atoms with Crippen LogP contribution in [0.4, 0.5) is 11.5 Å². The maximum absolute atomic E-state index is 9.70. The number of benzene rings is 1. The second-order valence-electron chi connectivity index (χ2n) is 4.89. The Morgan fingerprint density at radius 3 is 2.70 bits per heavy atom. The molecule has 0 fully saturated rings. The number of aromatic amines is 1. The van der Waals surface area contributed by atoms with E-state index < -0.39 is 0 Å². The van der Waals surface area contributed by atoms with Gasteiger partial charge in [-0.05, 0) is 38.1 Å². The number of H-pyrrole nitrogens is 1. The van der Waals surface area contributed by atoms with Gasteiger partial charge in [0.15, 0.2) is 5.82 Å². The summed E-state index contributed by atoms with van der Waals surface area (Å²) in [7, 11) is 1.96. The van der Waals surface area contributed by atoms with Gasteiger partial charge < -0.3 is 10.0 Å². The number of nitrogens with zero attached hydrogens (tertiary/aromatic N) is 3. The Morgan fingerprint density at radius 1 is 1.20 bits per heavy atom. The van der Waals surface area contributed by atoms with Crippen molar-refractivity contribution in [3.05, 3.63) is 41.7 Å². The van der Waals surface area contributed by atoms with E-state index in [0.29, 0.717) is 0 Å². The van der Waals surface area contributed by atoms with E-state index in [1.165, 1.54) is 0 Å². The Morgan fingerprint density at radius 2 is 2.00 bits per heavy atom. The predicted molar refractivity (Wildman–Crippen MR) is 79.5 cm³/mol. The van der Waals surface area contributed by atoms with Gasteiger partial charge in [0.2, 0.25) is 0 Å². The molecule has 2 aromatic heterocycles. The number of fused-ring (bicyclic) bond motifs is 1. The predicted octanol–water partition coefficient (Wildman–Crippen LogP) is 3.05. The van der Waals surface area contributed by atoms with Crippen LogP contribution in [0.1, 0.15) is 11.3 Å². The standard InChI is InChI=1S/C15H16N4O/c1-9-10(2)17-18-15(9)19(3)14-6-7-16-13-5-4-11(20)8-12(13)14/h4-8,20H,1-3H3,(H,17,18). The number of anilines is 2. The van der Waals surface area contributed by atoms with E-state index >= 15 is 0 Å². The number of pyridine rings is 1. The van der Waals surface area contributed by atoms with Crippen molar-refractivity contribution in [3.8, 4) is 5.75 Å². The third-order valence-electron chi connectivity index (χ3n) is 3.61. The number of rotatable bonds is 2. The van der Waals surface area contributed by atoms with Crippen LogP contribution in [0.2, 0.25) is 0 Å². The van der Waals surface area contributed by atoms with Crippen molar-refractivity contribution in [2.45, 2.75) is 13.8 Å². The van der Waals surface area contributed by atoms with Crippen LogP contribution in [0.15, 0.2) is 30.5 Å². The number of aryl methyl sites for hydroxylation is 1. The Bertz CT molecular complexity index is 779. The summed E-state index contributed by atoms with van der Waals surface area (Å²) in [5.41, 5.74) is 3.96. The molecule has 5 heteroatoms. The van der Waals surface area contributed by atoms with Crippen LogP contribution >= 0.6 is 0 Å². The van der Waals surface area contributed by atoms with Gasteiger partial charge in [-0.1, -0.05) is 0 Å². The van der Waals surface area contributed by atoms with Gasteiger partial charge in [-0.2, -0.15) is 5.10 Å². The van der Waals surface area contributed by atoms with Gasteiger partial charge in [-0.25, -0.2) is 0 Å². The zero-order chi connectivity index (χ0) is 14.3. The van der Waals surface area contributed by atoms with Crippen LogP contribution < -0.4 is 4.90 Å². The lowest BCUT2D eigenvalue weighted by atomic mass is 10.1. The van der Waals surface area contributed by atoms with Crippen LogP contribution in [0.25, 0.3) is 10.9 Å². The van der Waals surface area contributed by atoms with Gasteiger partial charge >= 0.3 is 0 Å². The average molecular weight is 268 g/mol. The summed E-state index contributed by atoms with van der Waals surface area (Å²) in [6, 6.07) is 7.10. The van der Waals surface area contributed by atoms with E-state index in [9.17, 15) is 5.11 Å². The SMILES string of the molecule is Cc1[nH]nc(N(C)c2ccnc3ccc(O)cc23)c1C. The van der Waals surface area contributed by atoms with Crippen LogP contribution in [-0.2, 0) is 0 Å². The largest absolute Gasteiger partial charge is 0.508 e. The smallest absolute Gasteiger partial charge is 0.157 e. The molecule has 0 unspecified atom stereocenters. The minimum atomic E-state index is 0.232. The van der Waals surface area contributed by atoms with Gasteiger partial charge in [-0.15, -0.1) is 0 Å². The molecule has 102 valence electrons.